The number of rotatable bonds is 8. The van der Waals surface area contributed by atoms with Gasteiger partial charge in [-0.3, -0.25) is 0 Å². The molecule has 0 spiro atoms. The summed E-state index contributed by atoms with van der Waals surface area (Å²) in [7, 11) is 4.49. The molecule has 1 unspecified atom stereocenters. The van der Waals surface area contributed by atoms with Crippen LogP contribution in [-0.4, -0.2) is 36.8 Å². The molecule has 2 rings (SSSR count). The summed E-state index contributed by atoms with van der Waals surface area (Å²) in [6.07, 6.45) is 10.1. The van der Waals surface area contributed by atoms with Gasteiger partial charge in [-0.15, -0.1) is 0 Å². The molecule has 0 aliphatic heterocycles. The lowest BCUT2D eigenvalue weighted by Crippen LogP contribution is -2.37. The van der Waals surface area contributed by atoms with Gasteiger partial charge in [-0.1, -0.05) is 43.2 Å². The SMILES string of the molecule is CN(C)C(CCc1ccccc1)C1CCC(CCCO)CC1. The Morgan fingerprint density at radius 1 is 1.09 bits per heavy atom. The summed E-state index contributed by atoms with van der Waals surface area (Å²) in [6, 6.07) is 11.6. The highest BCUT2D eigenvalue weighted by Gasteiger charge is 2.28. The van der Waals surface area contributed by atoms with Gasteiger partial charge in [0, 0.05) is 12.6 Å². The predicted octanol–water partition coefficient (Wildman–Crippen LogP) is 4.13. The van der Waals surface area contributed by atoms with Crippen molar-refractivity contribution in [2.45, 2.75) is 57.4 Å². The number of aliphatic hydroxyl groups excluding tert-OH is 1. The van der Waals surface area contributed by atoms with Gasteiger partial charge in [-0.2, -0.15) is 0 Å². The van der Waals surface area contributed by atoms with Gasteiger partial charge in [0.1, 0.15) is 0 Å². The Morgan fingerprint density at radius 3 is 2.36 bits per heavy atom. The van der Waals surface area contributed by atoms with Crippen molar-refractivity contribution < 1.29 is 5.11 Å². The standard InChI is InChI=1S/C20H33NO/c1-21(2)20(15-12-17-7-4-3-5-8-17)19-13-10-18(11-14-19)9-6-16-22/h3-5,7-8,18-20,22H,6,9-16H2,1-2H3. The number of hydrogen-bond acceptors (Lipinski definition) is 2. The Hall–Kier alpha value is -0.860. The fourth-order valence-corrected chi connectivity index (χ4v) is 4.12. The summed E-state index contributed by atoms with van der Waals surface area (Å²) >= 11 is 0. The summed E-state index contributed by atoms with van der Waals surface area (Å²) < 4.78 is 0. The molecule has 124 valence electrons. The van der Waals surface area contributed by atoms with Gasteiger partial charge in [0.15, 0.2) is 0 Å². The van der Waals surface area contributed by atoms with Gasteiger partial charge < -0.3 is 10.0 Å². The predicted molar refractivity (Wildman–Crippen MR) is 94.0 cm³/mol. The third-order valence-corrected chi connectivity index (χ3v) is 5.44. The van der Waals surface area contributed by atoms with Gasteiger partial charge in [0.05, 0.1) is 0 Å². The Bertz CT molecular complexity index is 395. The number of nitrogens with zero attached hydrogens (tertiary/aromatic N) is 1. The van der Waals surface area contributed by atoms with Crippen LogP contribution in [0.15, 0.2) is 30.3 Å². The molecule has 1 saturated carbocycles. The second-order valence-electron chi connectivity index (χ2n) is 7.20. The zero-order chi connectivity index (χ0) is 15.8. The van der Waals surface area contributed by atoms with Gasteiger partial charge >= 0.3 is 0 Å². The van der Waals surface area contributed by atoms with E-state index >= 15 is 0 Å². The van der Waals surface area contributed by atoms with Crippen molar-refractivity contribution in [3.8, 4) is 0 Å². The van der Waals surface area contributed by atoms with Crippen LogP contribution in [0.5, 0.6) is 0 Å². The van der Waals surface area contributed by atoms with Crippen LogP contribution in [0.2, 0.25) is 0 Å². The molecule has 0 radical (unpaired) electrons. The molecule has 1 aromatic rings. The number of benzene rings is 1. The summed E-state index contributed by atoms with van der Waals surface area (Å²) in [5.41, 5.74) is 1.46. The van der Waals surface area contributed by atoms with Crippen molar-refractivity contribution in [3.05, 3.63) is 35.9 Å². The van der Waals surface area contributed by atoms with Crippen LogP contribution in [0.25, 0.3) is 0 Å². The Kier molecular flexibility index (Phi) is 7.41. The normalized spacial score (nSPS) is 23.6. The summed E-state index contributed by atoms with van der Waals surface area (Å²) in [6.45, 7) is 0.358. The van der Waals surface area contributed by atoms with Crippen molar-refractivity contribution in [1.29, 1.82) is 0 Å². The molecule has 1 N–H and O–H groups in total. The lowest BCUT2D eigenvalue weighted by atomic mass is 9.75. The van der Waals surface area contributed by atoms with E-state index in [0.29, 0.717) is 12.6 Å². The molecular weight excluding hydrogens is 270 g/mol. The molecule has 2 heteroatoms. The van der Waals surface area contributed by atoms with E-state index in [-0.39, 0.29) is 0 Å². The van der Waals surface area contributed by atoms with Gasteiger partial charge in [0.25, 0.3) is 0 Å². The molecule has 0 heterocycles. The highest BCUT2D eigenvalue weighted by molar-refractivity contribution is 5.14. The quantitative estimate of drug-likeness (QED) is 0.780. The molecule has 1 fully saturated rings. The van der Waals surface area contributed by atoms with E-state index in [0.717, 1.165) is 18.3 Å². The topological polar surface area (TPSA) is 23.5 Å². The summed E-state index contributed by atoms with van der Waals surface area (Å²) in [5, 5.41) is 8.98. The minimum Gasteiger partial charge on any atom is -0.396 e. The summed E-state index contributed by atoms with van der Waals surface area (Å²) in [4.78, 5) is 2.45. The fraction of sp³-hybridized carbons (Fsp3) is 0.700. The molecule has 1 aliphatic rings. The lowest BCUT2D eigenvalue weighted by molar-refractivity contribution is 0.135. The van der Waals surface area contributed by atoms with E-state index in [4.69, 9.17) is 5.11 Å². The summed E-state index contributed by atoms with van der Waals surface area (Å²) in [5.74, 6) is 1.71. The Balaban J connectivity index is 1.81. The minimum absolute atomic E-state index is 0.358. The molecule has 0 amide bonds. The maximum atomic E-state index is 8.98. The first kappa shape index (κ1) is 17.5. The van der Waals surface area contributed by atoms with E-state index < -0.39 is 0 Å². The molecule has 22 heavy (non-hydrogen) atoms. The third kappa shape index (κ3) is 5.40. The third-order valence-electron chi connectivity index (χ3n) is 5.44. The molecule has 0 saturated heterocycles. The van der Waals surface area contributed by atoms with Crippen molar-refractivity contribution in [2.24, 2.45) is 11.8 Å². The largest absolute Gasteiger partial charge is 0.396 e. The van der Waals surface area contributed by atoms with Crippen LogP contribution in [-0.2, 0) is 6.42 Å². The fourth-order valence-electron chi connectivity index (χ4n) is 4.12. The maximum absolute atomic E-state index is 8.98. The first-order valence-electron chi connectivity index (χ1n) is 9.02. The Morgan fingerprint density at radius 2 is 1.77 bits per heavy atom. The second kappa shape index (κ2) is 9.32. The van der Waals surface area contributed by atoms with Crippen LogP contribution >= 0.6 is 0 Å². The van der Waals surface area contributed by atoms with Crippen molar-refractivity contribution in [1.82, 2.24) is 4.90 Å². The minimum atomic E-state index is 0.358. The van der Waals surface area contributed by atoms with Crippen LogP contribution in [0.1, 0.15) is 50.5 Å². The van der Waals surface area contributed by atoms with Crippen molar-refractivity contribution in [3.63, 3.8) is 0 Å². The van der Waals surface area contributed by atoms with Crippen molar-refractivity contribution in [2.75, 3.05) is 20.7 Å². The highest BCUT2D eigenvalue weighted by atomic mass is 16.2. The average Bonchev–Trinajstić information content (AvgIpc) is 2.55. The van der Waals surface area contributed by atoms with Crippen molar-refractivity contribution >= 4 is 0 Å². The molecule has 0 aromatic heterocycles. The lowest BCUT2D eigenvalue weighted by Gasteiger charge is -2.37. The van der Waals surface area contributed by atoms with Crippen LogP contribution in [0.4, 0.5) is 0 Å². The van der Waals surface area contributed by atoms with E-state index in [2.05, 4.69) is 49.3 Å². The van der Waals surface area contributed by atoms with E-state index in [1.165, 1.54) is 50.5 Å². The first-order chi connectivity index (χ1) is 10.7. The van der Waals surface area contributed by atoms with Gasteiger partial charge in [-0.05, 0) is 70.0 Å². The molecule has 1 aromatic carbocycles. The van der Waals surface area contributed by atoms with Gasteiger partial charge in [-0.25, -0.2) is 0 Å². The highest BCUT2D eigenvalue weighted by Crippen LogP contribution is 2.35. The number of hydrogen-bond donors (Lipinski definition) is 1. The molecule has 1 aliphatic carbocycles. The van der Waals surface area contributed by atoms with Crippen LogP contribution in [0.3, 0.4) is 0 Å². The maximum Gasteiger partial charge on any atom is 0.0431 e. The van der Waals surface area contributed by atoms with Crippen LogP contribution < -0.4 is 0 Å². The van der Waals surface area contributed by atoms with E-state index in [1.54, 1.807) is 0 Å². The zero-order valence-corrected chi connectivity index (χ0v) is 14.4. The Labute approximate surface area is 136 Å². The smallest absolute Gasteiger partial charge is 0.0431 e. The molecular formula is C20H33NO. The zero-order valence-electron chi connectivity index (χ0n) is 14.4. The average molecular weight is 303 g/mol. The monoisotopic (exact) mass is 303 g/mol. The second-order valence-corrected chi connectivity index (χ2v) is 7.20. The van der Waals surface area contributed by atoms with E-state index in [9.17, 15) is 0 Å². The molecule has 1 atom stereocenters. The number of aryl methyl sites for hydroxylation is 1. The number of aliphatic hydroxyl groups is 1. The van der Waals surface area contributed by atoms with Gasteiger partial charge in [0.2, 0.25) is 0 Å². The molecule has 2 nitrogen and oxygen atoms in total. The van der Waals surface area contributed by atoms with E-state index in [1.807, 2.05) is 0 Å². The first-order valence-corrected chi connectivity index (χ1v) is 9.02. The molecule has 0 bridgehead atoms. The van der Waals surface area contributed by atoms with Crippen LogP contribution in [0, 0.1) is 11.8 Å².